The molecule has 0 amide bonds. The Kier molecular flexibility index (Phi) is 6.23. The molecule has 0 aromatic heterocycles. The van der Waals surface area contributed by atoms with Crippen LogP contribution in [0, 0.1) is 0 Å². The molecule has 0 bridgehead atoms. The van der Waals surface area contributed by atoms with Gasteiger partial charge in [0.05, 0.1) is 6.10 Å². The fraction of sp³-hybridized carbons (Fsp3) is 1.00. The highest BCUT2D eigenvalue weighted by Gasteiger charge is 2.03. The number of rotatable bonds is 7. The summed E-state index contributed by atoms with van der Waals surface area (Å²) >= 11 is 0. The lowest BCUT2D eigenvalue weighted by atomic mass is 10.4. The monoisotopic (exact) mass is 210 g/mol. The van der Waals surface area contributed by atoms with Crippen molar-refractivity contribution in [2.45, 2.75) is 26.4 Å². The van der Waals surface area contributed by atoms with Crippen LogP contribution < -0.4 is 9.44 Å². The van der Waals surface area contributed by atoms with Crippen molar-refractivity contribution < 1.29 is 13.2 Å². The summed E-state index contributed by atoms with van der Waals surface area (Å²) in [5, 5.41) is 0. The van der Waals surface area contributed by atoms with Crippen molar-refractivity contribution in [3.05, 3.63) is 0 Å². The molecule has 6 heteroatoms. The lowest BCUT2D eigenvalue weighted by molar-refractivity contribution is 0.0778. The molecule has 0 unspecified atom stereocenters. The fourth-order valence-electron chi connectivity index (χ4n) is 0.670. The minimum Gasteiger partial charge on any atom is -0.379 e. The third-order valence-electron chi connectivity index (χ3n) is 1.33. The molecule has 13 heavy (non-hydrogen) atoms. The molecule has 2 N–H and O–H groups in total. The average Bonchev–Trinajstić information content (AvgIpc) is 2.03. The van der Waals surface area contributed by atoms with Gasteiger partial charge in [-0.3, -0.25) is 0 Å². The zero-order chi connectivity index (χ0) is 10.3. The molecule has 5 nitrogen and oxygen atoms in total. The maximum Gasteiger partial charge on any atom is 0.276 e. The lowest BCUT2D eigenvalue weighted by Crippen LogP contribution is -2.34. The smallest absolute Gasteiger partial charge is 0.276 e. The number of ether oxygens (including phenoxy) is 1. The highest BCUT2D eigenvalue weighted by Crippen LogP contribution is 1.89. The molecular formula is C7H18N2O3S. The van der Waals surface area contributed by atoms with Crippen LogP contribution >= 0.6 is 0 Å². The molecule has 0 heterocycles. The first-order chi connectivity index (χ1) is 5.98. The SMILES string of the molecule is CNS(=O)(=O)NCCCOC(C)C. The van der Waals surface area contributed by atoms with Gasteiger partial charge in [-0.25, -0.2) is 9.44 Å². The van der Waals surface area contributed by atoms with Crippen LogP contribution in [0.1, 0.15) is 20.3 Å². The van der Waals surface area contributed by atoms with E-state index in [2.05, 4.69) is 9.44 Å². The Morgan fingerprint density at radius 1 is 1.38 bits per heavy atom. The van der Waals surface area contributed by atoms with Crippen LogP contribution in [0.15, 0.2) is 0 Å². The van der Waals surface area contributed by atoms with E-state index in [1.54, 1.807) is 0 Å². The Labute approximate surface area is 80.0 Å². The van der Waals surface area contributed by atoms with Gasteiger partial charge < -0.3 is 4.74 Å². The maximum atomic E-state index is 10.8. The molecule has 0 rings (SSSR count). The van der Waals surface area contributed by atoms with Crippen molar-refractivity contribution in [3.8, 4) is 0 Å². The number of hydrogen-bond donors (Lipinski definition) is 2. The van der Waals surface area contributed by atoms with Gasteiger partial charge in [-0.1, -0.05) is 0 Å². The van der Waals surface area contributed by atoms with Crippen LogP contribution in [0.5, 0.6) is 0 Å². The summed E-state index contributed by atoms with van der Waals surface area (Å²) < 4.78 is 31.4. The molecule has 0 aromatic rings. The molecule has 0 atom stereocenters. The highest BCUT2D eigenvalue weighted by atomic mass is 32.2. The second kappa shape index (κ2) is 6.31. The maximum absolute atomic E-state index is 10.8. The number of nitrogens with one attached hydrogen (secondary N) is 2. The van der Waals surface area contributed by atoms with Gasteiger partial charge in [-0.2, -0.15) is 8.42 Å². The van der Waals surface area contributed by atoms with E-state index in [4.69, 9.17) is 4.74 Å². The molecule has 0 radical (unpaired) electrons. The first-order valence-electron chi connectivity index (χ1n) is 4.27. The van der Waals surface area contributed by atoms with Crippen molar-refractivity contribution in [3.63, 3.8) is 0 Å². The standard InChI is InChI=1S/C7H18N2O3S/c1-7(2)12-6-4-5-9-13(10,11)8-3/h7-9H,4-6H2,1-3H3. The summed E-state index contributed by atoms with van der Waals surface area (Å²) in [7, 11) is -1.91. The van der Waals surface area contributed by atoms with Crippen molar-refractivity contribution in [2.75, 3.05) is 20.2 Å². The molecule has 0 aromatic carbocycles. The Morgan fingerprint density at radius 3 is 2.46 bits per heavy atom. The Bertz CT molecular complexity index is 214. The van der Waals surface area contributed by atoms with Crippen LogP contribution in [0.25, 0.3) is 0 Å². The summed E-state index contributed by atoms with van der Waals surface area (Å²) in [4.78, 5) is 0. The summed E-state index contributed by atoms with van der Waals surface area (Å²) in [6.45, 7) is 4.86. The largest absolute Gasteiger partial charge is 0.379 e. The van der Waals surface area contributed by atoms with Crippen molar-refractivity contribution >= 4 is 10.2 Å². The van der Waals surface area contributed by atoms with E-state index < -0.39 is 10.2 Å². The van der Waals surface area contributed by atoms with Gasteiger partial charge >= 0.3 is 0 Å². The Morgan fingerprint density at radius 2 is 2.00 bits per heavy atom. The molecule has 0 saturated heterocycles. The van der Waals surface area contributed by atoms with Crippen LogP contribution in [0.3, 0.4) is 0 Å². The number of hydrogen-bond acceptors (Lipinski definition) is 3. The molecule has 80 valence electrons. The third-order valence-corrected chi connectivity index (χ3v) is 2.45. The zero-order valence-corrected chi connectivity index (χ0v) is 9.15. The molecule has 0 spiro atoms. The van der Waals surface area contributed by atoms with Gasteiger partial charge in [0.25, 0.3) is 10.2 Å². The predicted molar refractivity (Wildman–Crippen MR) is 51.7 cm³/mol. The Balaban J connectivity index is 3.37. The van der Waals surface area contributed by atoms with Crippen LogP contribution in [0.2, 0.25) is 0 Å². The minimum absolute atomic E-state index is 0.195. The second-order valence-electron chi connectivity index (χ2n) is 2.87. The molecule has 0 aliphatic carbocycles. The van der Waals surface area contributed by atoms with Gasteiger partial charge in [-0.05, 0) is 20.3 Å². The van der Waals surface area contributed by atoms with E-state index >= 15 is 0 Å². The normalized spacial score (nSPS) is 12.3. The molecule has 0 aliphatic rings. The fourth-order valence-corrected chi connectivity index (χ4v) is 1.23. The Hall–Kier alpha value is -0.170. The van der Waals surface area contributed by atoms with E-state index in [1.807, 2.05) is 13.8 Å². The van der Waals surface area contributed by atoms with E-state index in [-0.39, 0.29) is 6.10 Å². The quantitative estimate of drug-likeness (QED) is 0.574. The highest BCUT2D eigenvalue weighted by molar-refractivity contribution is 7.87. The van der Waals surface area contributed by atoms with Gasteiger partial charge in [0.1, 0.15) is 0 Å². The summed E-state index contributed by atoms with van der Waals surface area (Å²) in [5.74, 6) is 0. The molecule has 0 saturated carbocycles. The van der Waals surface area contributed by atoms with Gasteiger partial charge in [-0.15, -0.1) is 0 Å². The molecule has 0 aliphatic heterocycles. The van der Waals surface area contributed by atoms with Gasteiger partial charge in [0.2, 0.25) is 0 Å². The average molecular weight is 210 g/mol. The first-order valence-corrected chi connectivity index (χ1v) is 5.76. The van der Waals surface area contributed by atoms with E-state index in [9.17, 15) is 8.42 Å². The summed E-state index contributed by atoms with van der Waals surface area (Å²) in [6.07, 6.45) is 0.875. The molecule has 0 fully saturated rings. The second-order valence-corrected chi connectivity index (χ2v) is 4.58. The van der Waals surface area contributed by atoms with E-state index in [0.29, 0.717) is 19.6 Å². The van der Waals surface area contributed by atoms with Crippen molar-refractivity contribution in [1.82, 2.24) is 9.44 Å². The van der Waals surface area contributed by atoms with Gasteiger partial charge in [0.15, 0.2) is 0 Å². The third kappa shape index (κ3) is 8.17. The van der Waals surface area contributed by atoms with E-state index in [0.717, 1.165) is 0 Å². The predicted octanol–water partition coefficient (Wildman–Crippen LogP) is -0.145. The van der Waals surface area contributed by atoms with Crippen LogP contribution in [0.4, 0.5) is 0 Å². The van der Waals surface area contributed by atoms with Crippen LogP contribution in [-0.2, 0) is 14.9 Å². The van der Waals surface area contributed by atoms with Crippen molar-refractivity contribution in [1.29, 1.82) is 0 Å². The van der Waals surface area contributed by atoms with Crippen molar-refractivity contribution in [2.24, 2.45) is 0 Å². The zero-order valence-electron chi connectivity index (χ0n) is 8.33. The lowest BCUT2D eigenvalue weighted by Gasteiger charge is -2.07. The van der Waals surface area contributed by atoms with Crippen LogP contribution in [-0.4, -0.2) is 34.7 Å². The molecular weight excluding hydrogens is 192 g/mol. The first kappa shape index (κ1) is 12.8. The summed E-state index contributed by atoms with van der Waals surface area (Å²) in [6, 6.07) is 0. The topological polar surface area (TPSA) is 67.4 Å². The summed E-state index contributed by atoms with van der Waals surface area (Å²) in [5.41, 5.74) is 0. The minimum atomic E-state index is -3.28. The van der Waals surface area contributed by atoms with Gasteiger partial charge in [0, 0.05) is 20.2 Å². The van der Waals surface area contributed by atoms with E-state index in [1.165, 1.54) is 7.05 Å².